The molecule has 2 heterocycles. The highest BCUT2D eigenvalue weighted by Crippen LogP contribution is 2.40. The summed E-state index contributed by atoms with van der Waals surface area (Å²) >= 11 is 0. The quantitative estimate of drug-likeness (QED) is 0.910. The fourth-order valence-electron chi connectivity index (χ4n) is 2.81. The Morgan fingerprint density at radius 1 is 1.42 bits per heavy atom. The normalized spacial score (nSPS) is 25.6. The lowest BCUT2D eigenvalue weighted by Gasteiger charge is -2.10. The standard InChI is InChI=1S/C13H15F2N3O/c1-19-13-11(18-10(6-17-13)12(14)15)7-2-8-4-16-5-9(8)3-7/h2,6,8-9,12,16H,3-5H2,1H3. The van der Waals surface area contributed by atoms with Gasteiger partial charge in [-0.15, -0.1) is 0 Å². The van der Waals surface area contributed by atoms with Crippen LogP contribution in [-0.4, -0.2) is 30.2 Å². The van der Waals surface area contributed by atoms with Crippen LogP contribution >= 0.6 is 0 Å². The number of aromatic nitrogens is 2. The molecular formula is C13H15F2N3O. The molecule has 0 amide bonds. The van der Waals surface area contributed by atoms with Crippen molar-refractivity contribution in [1.82, 2.24) is 15.3 Å². The summed E-state index contributed by atoms with van der Waals surface area (Å²) in [4.78, 5) is 7.96. The Morgan fingerprint density at radius 2 is 2.26 bits per heavy atom. The maximum atomic E-state index is 12.7. The average Bonchev–Trinajstić information content (AvgIpc) is 2.98. The van der Waals surface area contributed by atoms with E-state index < -0.39 is 6.43 Å². The van der Waals surface area contributed by atoms with E-state index in [-0.39, 0.29) is 5.69 Å². The first kappa shape index (κ1) is 12.5. The van der Waals surface area contributed by atoms with E-state index in [1.165, 1.54) is 7.11 Å². The smallest absolute Gasteiger partial charge is 0.281 e. The summed E-state index contributed by atoms with van der Waals surface area (Å²) in [6, 6.07) is 0. The molecule has 1 aromatic rings. The molecule has 4 nitrogen and oxygen atoms in total. The Kier molecular flexibility index (Phi) is 3.18. The van der Waals surface area contributed by atoms with Crippen molar-refractivity contribution in [2.24, 2.45) is 11.8 Å². The van der Waals surface area contributed by atoms with Crippen LogP contribution in [0.15, 0.2) is 12.3 Å². The second-order valence-corrected chi connectivity index (χ2v) is 4.93. The Hall–Kier alpha value is -1.56. The summed E-state index contributed by atoms with van der Waals surface area (Å²) in [6.07, 6.45) is 1.42. The highest BCUT2D eigenvalue weighted by Gasteiger charge is 2.33. The van der Waals surface area contributed by atoms with Crippen molar-refractivity contribution in [2.45, 2.75) is 12.8 Å². The van der Waals surface area contributed by atoms with Gasteiger partial charge in [-0.3, -0.25) is 0 Å². The summed E-state index contributed by atoms with van der Waals surface area (Å²) < 4.78 is 30.6. The van der Waals surface area contributed by atoms with Crippen LogP contribution in [0.5, 0.6) is 5.88 Å². The van der Waals surface area contributed by atoms with Gasteiger partial charge in [0.2, 0.25) is 5.88 Å². The molecular weight excluding hydrogens is 252 g/mol. The van der Waals surface area contributed by atoms with Gasteiger partial charge in [0.05, 0.1) is 13.3 Å². The molecule has 0 bridgehead atoms. The van der Waals surface area contributed by atoms with Gasteiger partial charge in [-0.05, 0) is 30.4 Å². The number of methoxy groups -OCH3 is 1. The number of hydrogen-bond donors (Lipinski definition) is 1. The van der Waals surface area contributed by atoms with Crippen molar-refractivity contribution in [1.29, 1.82) is 0 Å². The molecule has 1 aliphatic heterocycles. The summed E-state index contributed by atoms with van der Waals surface area (Å²) in [7, 11) is 1.48. The summed E-state index contributed by atoms with van der Waals surface area (Å²) in [5, 5.41) is 3.32. The lowest BCUT2D eigenvalue weighted by molar-refractivity contribution is 0.145. The van der Waals surface area contributed by atoms with Crippen LogP contribution in [0.4, 0.5) is 8.78 Å². The SMILES string of the molecule is COc1ncc(C(F)F)nc1C1=CC2CNCC2C1. The largest absolute Gasteiger partial charge is 0.479 e. The van der Waals surface area contributed by atoms with Gasteiger partial charge in [0.25, 0.3) is 6.43 Å². The maximum absolute atomic E-state index is 12.7. The number of fused-ring (bicyclic) bond motifs is 1. The van der Waals surface area contributed by atoms with Crippen LogP contribution in [0.3, 0.4) is 0 Å². The molecule has 1 aliphatic carbocycles. The topological polar surface area (TPSA) is 47.0 Å². The summed E-state index contributed by atoms with van der Waals surface area (Å²) in [5.41, 5.74) is 1.14. The molecule has 0 spiro atoms. The van der Waals surface area contributed by atoms with Gasteiger partial charge in [0.1, 0.15) is 11.4 Å². The molecule has 3 rings (SSSR count). The van der Waals surface area contributed by atoms with Gasteiger partial charge in [0, 0.05) is 6.54 Å². The number of halogens is 2. The predicted molar refractivity (Wildman–Crippen MR) is 66.0 cm³/mol. The third-order valence-corrected chi connectivity index (χ3v) is 3.77. The number of rotatable bonds is 3. The Balaban J connectivity index is 1.97. The molecule has 1 aromatic heterocycles. The minimum absolute atomic E-state index is 0.299. The first-order chi connectivity index (χ1) is 9.19. The maximum Gasteiger partial charge on any atom is 0.281 e. The molecule has 6 heteroatoms. The molecule has 0 saturated carbocycles. The molecule has 0 aromatic carbocycles. The zero-order valence-electron chi connectivity index (χ0n) is 10.6. The number of nitrogens with zero attached hydrogens (tertiary/aromatic N) is 2. The van der Waals surface area contributed by atoms with Crippen LogP contribution in [0.1, 0.15) is 24.2 Å². The molecule has 102 valence electrons. The van der Waals surface area contributed by atoms with E-state index in [9.17, 15) is 8.78 Å². The van der Waals surface area contributed by atoms with Gasteiger partial charge in [-0.1, -0.05) is 6.08 Å². The fraction of sp³-hybridized carbons (Fsp3) is 0.538. The highest BCUT2D eigenvalue weighted by atomic mass is 19.3. The number of ether oxygens (including phenoxy) is 1. The number of allylic oxidation sites excluding steroid dienone is 1. The van der Waals surface area contributed by atoms with Crippen LogP contribution in [-0.2, 0) is 0 Å². The fourth-order valence-corrected chi connectivity index (χ4v) is 2.81. The zero-order chi connectivity index (χ0) is 13.4. The van der Waals surface area contributed by atoms with Crippen molar-refractivity contribution in [3.05, 3.63) is 23.7 Å². The van der Waals surface area contributed by atoms with Gasteiger partial charge in [-0.25, -0.2) is 18.7 Å². The van der Waals surface area contributed by atoms with E-state index in [2.05, 4.69) is 21.4 Å². The summed E-state index contributed by atoms with van der Waals surface area (Å²) in [5.74, 6) is 1.33. The highest BCUT2D eigenvalue weighted by molar-refractivity contribution is 5.69. The first-order valence-electron chi connectivity index (χ1n) is 6.30. The van der Waals surface area contributed by atoms with E-state index in [1.54, 1.807) is 0 Å². The first-order valence-corrected chi connectivity index (χ1v) is 6.30. The van der Waals surface area contributed by atoms with Crippen LogP contribution in [0.25, 0.3) is 5.57 Å². The molecule has 1 saturated heterocycles. The van der Waals surface area contributed by atoms with Crippen molar-refractivity contribution in [3.63, 3.8) is 0 Å². The minimum atomic E-state index is -2.61. The van der Waals surface area contributed by atoms with E-state index >= 15 is 0 Å². The van der Waals surface area contributed by atoms with E-state index in [1.807, 2.05) is 0 Å². The molecule has 2 atom stereocenters. The summed E-state index contributed by atoms with van der Waals surface area (Å²) in [6.45, 7) is 1.91. The van der Waals surface area contributed by atoms with E-state index in [0.29, 0.717) is 23.4 Å². The van der Waals surface area contributed by atoms with E-state index in [0.717, 1.165) is 31.3 Å². The molecule has 2 aliphatic rings. The van der Waals surface area contributed by atoms with E-state index in [4.69, 9.17) is 4.74 Å². The van der Waals surface area contributed by atoms with Crippen LogP contribution < -0.4 is 10.1 Å². The van der Waals surface area contributed by atoms with Gasteiger partial charge in [-0.2, -0.15) is 0 Å². The Bertz CT molecular complexity index is 519. The van der Waals surface area contributed by atoms with Gasteiger partial charge < -0.3 is 10.1 Å². The Morgan fingerprint density at radius 3 is 2.95 bits per heavy atom. The molecule has 1 N–H and O–H groups in total. The molecule has 2 unspecified atom stereocenters. The van der Waals surface area contributed by atoms with Crippen LogP contribution in [0.2, 0.25) is 0 Å². The minimum Gasteiger partial charge on any atom is -0.479 e. The monoisotopic (exact) mass is 267 g/mol. The van der Waals surface area contributed by atoms with Gasteiger partial charge >= 0.3 is 0 Å². The molecule has 1 fully saturated rings. The second-order valence-electron chi connectivity index (χ2n) is 4.93. The number of alkyl halides is 2. The third-order valence-electron chi connectivity index (χ3n) is 3.77. The zero-order valence-corrected chi connectivity index (χ0v) is 10.6. The average molecular weight is 267 g/mol. The lowest BCUT2D eigenvalue weighted by Crippen LogP contribution is -2.10. The second kappa shape index (κ2) is 4.85. The van der Waals surface area contributed by atoms with Crippen molar-refractivity contribution < 1.29 is 13.5 Å². The molecule has 19 heavy (non-hydrogen) atoms. The van der Waals surface area contributed by atoms with Crippen molar-refractivity contribution >= 4 is 5.57 Å². The van der Waals surface area contributed by atoms with Crippen molar-refractivity contribution in [2.75, 3.05) is 20.2 Å². The van der Waals surface area contributed by atoms with Crippen molar-refractivity contribution in [3.8, 4) is 5.88 Å². The number of nitrogens with one attached hydrogen (secondary N) is 1. The Labute approximate surface area is 109 Å². The number of hydrogen-bond acceptors (Lipinski definition) is 4. The van der Waals surface area contributed by atoms with Crippen LogP contribution in [0, 0.1) is 11.8 Å². The predicted octanol–water partition coefficient (Wildman–Crippen LogP) is 2.05. The molecule has 0 radical (unpaired) electrons. The van der Waals surface area contributed by atoms with Gasteiger partial charge in [0.15, 0.2) is 0 Å². The lowest BCUT2D eigenvalue weighted by atomic mass is 9.99. The third kappa shape index (κ3) is 2.20.